The van der Waals surface area contributed by atoms with E-state index in [1.54, 1.807) is 20.4 Å². The zero-order chi connectivity index (χ0) is 22.7. The summed E-state index contributed by atoms with van der Waals surface area (Å²) in [4.78, 5) is 8.92. The molecule has 2 heterocycles. The molecule has 0 saturated carbocycles. The Morgan fingerprint density at radius 1 is 0.812 bits per heavy atom. The summed E-state index contributed by atoms with van der Waals surface area (Å²) >= 11 is 0. The molecule has 2 aromatic heterocycles. The number of hydrogen-bond acceptors (Lipinski definition) is 7. The van der Waals surface area contributed by atoms with Crippen LogP contribution in [0.4, 0.5) is 23.3 Å². The molecule has 164 valence electrons. The molecule has 2 N–H and O–H groups in total. The minimum atomic E-state index is 0.455. The Kier molecular flexibility index (Phi) is 5.93. The zero-order valence-corrected chi connectivity index (χ0v) is 18.8. The molecule has 8 heteroatoms. The second-order valence-corrected chi connectivity index (χ2v) is 7.44. The van der Waals surface area contributed by atoms with Gasteiger partial charge in [0.15, 0.2) is 11.5 Å². The van der Waals surface area contributed by atoms with Gasteiger partial charge in [0.2, 0.25) is 5.95 Å². The van der Waals surface area contributed by atoms with Gasteiger partial charge < -0.3 is 20.1 Å². The van der Waals surface area contributed by atoms with Crippen LogP contribution in [0.25, 0.3) is 5.69 Å². The maximum Gasteiger partial charge on any atom is 0.229 e. The smallest absolute Gasteiger partial charge is 0.229 e. The first kappa shape index (κ1) is 21.2. The quantitative estimate of drug-likeness (QED) is 0.422. The van der Waals surface area contributed by atoms with Gasteiger partial charge in [-0.15, -0.1) is 0 Å². The van der Waals surface area contributed by atoms with Crippen molar-refractivity contribution in [3.63, 3.8) is 0 Å². The first-order valence-corrected chi connectivity index (χ1v) is 10.2. The monoisotopic (exact) mass is 430 g/mol. The molecule has 0 atom stereocenters. The summed E-state index contributed by atoms with van der Waals surface area (Å²) in [5.41, 5.74) is 5.14. The van der Waals surface area contributed by atoms with Crippen LogP contribution in [0, 0.1) is 20.8 Å². The summed E-state index contributed by atoms with van der Waals surface area (Å²) in [7, 11) is 3.21. The maximum atomic E-state index is 5.36. The fourth-order valence-electron chi connectivity index (χ4n) is 3.31. The molecule has 0 aliphatic carbocycles. The molecule has 0 unspecified atom stereocenters. The van der Waals surface area contributed by atoms with Crippen molar-refractivity contribution < 1.29 is 9.47 Å². The van der Waals surface area contributed by atoms with Crippen molar-refractivity contribution in [3.05, 3.63) is 71.5 Å². The average Bonchev–Trinajstić information content (AvgIpc) is 3.15. The molecule has 4 aromatic rings. The molecule has 0 aliphatic heterocycles. The molecule has 0 fully saturated rings. The van der Waals surface area contributed by atoms with Crippen molar-refractivity contribution in [2.45, 2.75) is 20.8 Å². The highest BCUT2D eigenvalue weighted by Crippen LogP contribution is 2.31. The summed E-state index contributed by atoms with van der Waals surface area (Å²) < 4.78 is 12.5. The van der Waals surface area contributed by atoms with E-state index in [0.717, 1.165) is 22.9 Å². The van der Waals surface area contributed by atoms with Gasteiger partial charge in [-0.2, -0.15) is 10.1 Å². The van der Waals surface area contributed by atoms with Gasteiger partial charge in [-0.1, -0.05) is 6.07 Å². The van der Waals surface area contributed by atoms with Gasteiger partial charge in [0, 0.05) is 24.0 Å². The van der Waals surface area contributed by atoms with Crippen molar-refractivity contribution in [1.29, 1.82) is 0 Å². The van der Waals surface area contributed by atoms with Gasteiger partial charge in [-0.3, -0.25) is 0 Å². The fourth-order valence-corrected chi connectivity index (χ4v) is 3.31. The van der Waals surface area contributed by atoms with E-state index < -0.39 is 0 Å². The summed E-state index contributed by atoms with van der Waals surface area (Å²) in [6.07, 6.45) is 1.70. The van der Waals surface area contributed by atoms with Crippen LogP contribution in [0.5, 0.6) is 11.5 Å². The van der Waals surface area contributed by atoms with Crippen LogP contribution in [0.15, 0.2) is 54.7 Å². The Bertz CT molecular complexity index is 1250. The summed E-state index contributed by atoms with van der Waals surface area (Å²) in [6.45, 7) is 6.16. The lowest BCUT2D eigenvalue weighted by Crippen LogP contribution is -2.05. The van der Waals surface area contributed by atoms with E-state index in [0.29, 0.717) is 23.3 Å². The van der Waals surface area contributed by atoms with Crippen molar-refractivity contribution in [2.24, 2.45) is 0 Å². The number of hydrogen-bond donors (Lipinski definition) is 2. The highest BCUT2D eigenvalue weighted by atomic mass is 16.5. The lowest BCUT2D eigenvalue weighted by molar-refractivity contribution is 0.355. The van der Waals surface area contributed by atoms with Gasteiger partial charge in [-0.05, 0) is 62.2 Å². The molecule has 0 amide bonds. The van der Waals surface area contributed by atoms with Crippen LogP contribution >= 0.6 is 0 Å². The number of nitrogens with one attached hydrogen (secondary N) is 2. The van der Waals surface area contributed by atoms with Crippen LogP contribution in [0.3, 0.4) is 0 Å². The van der Waals surface area contributed by atoms with E-state index in [1.165, 1.54) is 11.1 Å². The molecule has 4 rings (SSSR count). The molecular weight excluding hydrogens is 404 g/mol. The highest BCUT2D eigenvalue weighted by Gasteiger charge is 2.11. The largest absolute Gasteiger partial charge is 0.493 e. The number of methoxy groups -OCH3 is 2. The molecule has 32 heavy (non-hydrogen) atoms. The van der Waals surface area contributed by atoms with Gasteiger partial charge in [0.05, 0.1) is 25.6 Å². The third-order valence-electron chi connectivity index (χ3n) is 5.12. The third kappa shape index (κ3) is 4.49. The average molecular weight is 431 g/mol. The van der Waals surface area contributed by atoms with Crippen LogP contribution in [-0.2, 0) is 0 Å². The Morgan fingerprint density at radius 2 is 1.62 bits per heavy atom. The van der Waals surface area contributed by atoms with E-state index in [-0.39, 0.29) is 0 Å². The zero-order valence-electron chi connectivity index (χ0n) is 18.8. The molecular formula is C24H26N6O2. The minimum absolute atomic E-state index is 0.455. The van der Waals surface area contributed by atoms with Gasteiger partial charge in [-0.25, -0.2) is 9.67 Å². The molecule has 0 radical (unpaired) electrons. The highest BCUT2D eigenvalue weighted by molar-refractivity contribution is 5.62. The number of aryl methyl sites for hydroxylation is 3. The van der Waals surface area contributed by atoms with Gasteiger partial charge in [0.1, 0.15) is 11.6 Å². The molecule has 0 saturated heterocycles. The number of anilines is 4. The SMILES string of the molecule is COc1ccc(Nc2nccc(Nc3cc(C)nn3-c3ccc(C)c(C)c3)n2)cc1OC. The number of nitrogens with zero attached hydrogens (tertiary/aromatic N) is 4. The molecule has 2 aromatic carbocycles. The first-order valence-electron chi connectivity index (χ1n) is 10.2. The molecule has 0 aliphatic rings. The third-order valence-corrected chi connectivity index (χ3v) is 5.12. The van der Waals surface area contributed by atoms with Crippen LogP contribution < -0.4 is 20.1 Å². The molecule has 0 spiro atoms. The Balaban J connectivity index is 1.58. The van der Waals surface area contributed by atoms with Crippen molar-refractivity contribution >= 4 is 23.3 Å². The summed E-state index contributed by atoms with van der Waals surface area (Å²) in [5, 5.41) is 11.2. The standard InChI is InChI=1S/C24H26N6O2/c1-15-6-8-19(12-16(15)2)30-23(13-17(3)29-30)27-22-10-11-25-24(28-22)26-18-7-9-20(31-4)21(14-18)32-5/h6-14H,1-5H3,(H2,25,26,27,28). The van der Waals surface area contributed by atoms with Gasteiger partial charge >= 0.3 is 0 Å². The minimum Gasteiger partial charge on any atom is -0.493 e. The maximum absolute atomic E-state index is 5.36. The molecule has 0 bridgehead atoms. The Labute approximate surface area is 187 Å². The van der Waals surface area contributed by atoms with Crippen molar-refractivity contribution in [2.75, 3.05) is 24.9 Å². The van der Waals surface area contributed by atoms with E-state index in [1.807, 2.05) is 41.9 Å². The topological polar surface area (TPSA) is 86.1 Å². The second-order valence-electron chi connectivity index (χ2n) is 7.44. The predicted molar refractivity (Wildman–Crippen MR) is 126 cm³/mol. The van der Waals surface area contributed by atoms with Crippen molar-refractivity contribution in [1.82, 2.24) is 19.7 Å². The lowest BCUT2D eigenvalue weighted by atomic mass is 10.1. The van der Waals surface area contributed by atoms with E-state index in [4.69, 9.17) is 9.47 Å². The van der Waals surface area contributed by atoms with Crippen molar-refractivity contribution in [3.8, 4) is 17.2 Å². The van der Waals surface area contributed by atoms with E-state index >= 15 is 0 Å². The Hall–Kier alpha value is -4.07. The van der Waals surface area contributed by atoms with Crippen LogP contribution in [0.2, 0.25) is 0 Å². The number of rotatable bonds is 7. The first-order chi connectivity index (χ1) is 15.5. The normalized spacial score (nSPS) is 10.7. The second kappa shape index (κ2) is 8.97. The van der Waals surface area contributed by atoms with Crippen LogP contribution in [0.1, 0.15) is 16.8 Å². The number of benzene rings is 2. The Morgan fingerprint density at radius 3 is 2.38 bits per heavy atom. The number of aromatic nitrogens is 4. The van der Waals surface area contributed by atoms with E-state index in [9.17, 15) is 0 Å². The summed E-state index contributed by atoms with van der Waals surface area (Å²) in [5.74, 6) is 3.20. The predicted octanol–water partition coefficient (Wildman–Crippen LogP) is 5.09. The van der Waals surface area contributed by atoms with Gasteiger partial charge in [0.25, 0.3) is 0 Å². The lowest BCUT2D eigenvalue weighted by Gasteiger charge is -2.12. The molecule has 8 nitrogen and oxygen atoms in total. The van der Waals surface area contributed by atoms with E-state index in [2.05, 4.69) is 57.7 Å². The fraction of sp³-hybridized carbons (Fsp3) is 0.208. The number of ether oxygens (including phenoxy) is 2. The summed E-state index contributed by atoms with van der Waals surface area (Å²) in [6, 6.07) is 15.6. The van der Waals surface area contributed by atoms with Crippen LogP contribution in [-0.4, -0.2) is 34.0 Å².